The van der Waals surface area contributed by atoms with Gasteiger partial charge in [-0.15, -0.1) is 0 Å². The molecule has 2 heterocycles. The predicted molar refractivity (Wildman–Crippen MR) is 169 cm³/mol. The molecule has 14 nitrogen and oxygen atoms in total. The SMILES string of the molecule is C[C@@H](OC(=O)OCc1ccc([N+](=O)[O-])cc1)[C@H]1C(=O)N2C(C(=O)OCc3ccc([N+](=O)[O-])cc3)=C(CO[Si](C)(C)C(C)(C)C)S[C@H]12. The van der Waals surface area contributed by atoms with Gasteiger partial charge in [0.2, 0.25) is 5.91 Å². The molecule has 246 valence electrons. The molecule has 0 aromatic heterocycles. The number of rotatable bonds is 12. The van der Waals surface area contributed by atoms with E-state index in [1.54, 1.807) is 6.92 Å². The number of non-ortho nitro benzene ring substituents is 2. The number of ether oxygens (including phenoxy) is 3. The lowest BCUT2D eigenvalue weighted by atomic mass is 9.92. The average Bonchev–Trinajstić information content (AvgIpc) is 3.31. The highest BCUT2D eigenvalue weighted by atomic mass is 32.2. The van der Waals surface area contributed by atoms with Gasteiger partial charge in [-0.3, -0.25) is 29.9 Å². The van der Waals surface area contributed by atoms with Crippen molar-refractivity contribution in [1.82, 2.24) is 4.90 Å². The lowest BCUT2D eigenvalue weighted by Gasteiger charge is -2.44. The average molecular weight is 674 g/mol. The highest BCUT2D eigenvalue weighted by molar-refractivity contribution is 8.04. The zero-order valence-corrected chi connectivity index (χ0v) is 28.0. The molecule has 16 heteroatoms. The standard InChI is InChI=1S/C30H35N3O11SSi/c1-18(44-29(36)42-16-20-9-13-22(14-10-20)33(39)40)24-26(34)31-25(23(45-27(24)31)17-43-46(5,6)30(2,3)4)28(35)41-15-19-7-11-21(12-8-19)32(37)38/h7-14,18,24,27H,15-17H2,1-6H3/t18-,24+,27-/m1/s1. The fourth-order valence-corrected chi connectivity index (χ4v) is 7.00. The Labute approximate surface area is 270 Å². The third-order valence-corrected chi connectivity index (χ3v) is 14.0. The number of hydrogen-bond donors (Lipinski definition) is 0. The summed E-state index contributed by atoms with van der Waals surface area (Å²) in [7, 11) is -2.25. The number of nitrogens with zero attached hydrogens (tertiary/aromatic N) is 3. The first-order chi connectivity index (χ1) is 21.5. The van der Waals surface area contributed by atoms with Crippen molar-refractivity contribution in [3.05, 3.63) is 90.5 Å². The smallest absolute Gasteiger partial charge is 0.456 e. The van der Waals surface area contributed by atoms with Gasteiger partial charge < -0.3 is 18.6 Å². The predicted octanol–water partition coefficient (Wildman–Crippen LogP) is 6.05. The topological polar surface area (TPSA) is 178 Å². The molecule has 0 radical (unpaired) electrons. The highest BCUT2D eigenvalue weighted by Gasteiger charge is 2.59. The van der Waals surface area contributed by atoms with E-state index >= 15 is 0 Å². The summed E-state index contributed by atoms with van der Waals surface area (Å²) >= 11 is 1.28. The summed E-state index contributed by atoms with van der Waals surface area (Å²) in [6.07, 6.45) is -1.92. The maximum atomic E-state index is 13.4. The van der Waals surface area contributed by atoms with Crippen molar-refractivity contribution >= 4 is 49.5 Å². The minimum absolute atomic E-state index is 0.0600. The fourth-order valence-electron chi connectivity index (χ4n) is 4.44. The van der Waals surface area contributed by atoms with Crippen LogP contribution >= 0.6 is 11.8 Å². The molecule has 2 aromatic carbocycles. The van der Waals surface area contributed by atoms with Gasteiger partial charge in [-0.1, -0.05) is 32.5 Å². The Balaban J connectivity index is 1.43. The summed E-state index contributed by atoms with van der Waals surface area (Å²) in [5, 5.41) is 21.1. The number of nitro groups is 2. The molecule has 4 rings (SSSR count). The molecule has 2 aliphatic rings. The molecule has 0 spiro atoms. The van der Waals surface area contributed by atoms with Crippen LogP contribution < -0.4 is 0 Å². The number of carbonyl (C=O) groups is 3. The molecule has 2 aliphatic heterocycles. The number of carbonyl (C=O) groups excluding carboxylic acids is 3. The van der Waals surface area contributed by atoms with E-state index in [1.807, 2.05) is 0 Å². The number of thioether (sulfide) groups is 1. The van der Waals surface area contributed by atoms with Gasteiger partial charge in [-0.2, -0.15) is 0 Å². The first-order valence-corrected chi connectivity index (χ1v) is 18.1. The quantitative estimate of drug-likeness (QED) is 0.0838. The monoisotopic (exact) mass is 673 g/mol. The molecule has 0 N–H and O–H groups in total. The molecule has 0 bridgehead atoms. The summed E-state index contributed by atoms with van der Waals surface area (Å²) in [6, 6.07) is 11.1. The zero-order valence-electron chi connectivity index (χ0n) is 26.2. The van der Waals surface area contributed by atoms with Gasteiger partial charge in [-0.25, -0.2) is 9.59 Å². The van der Waals surface area contributed by atoms with E-state index in [0.29, 0.717) is 16.0 Å². The van der Waals surface area contributed by atoms with Crippen LogP contribution in [0.1, 0.15) is 38.8 Å². The molecule has 46 heavy (non-hydrogen) atoms. The van der Waals surface area contributed by atoms with Gasteiger partial charge in [0.05, 0.1) is 16.5 Å². The van der Waals surface area contributed by atoms with Crippen LogP contribution in [0.3, 0.4) is 0 Å². The number of nitro benzene ring substituents is 2. The third kappa shape index (κ3) is 7.56. The van der Waals surface area contributed by atoms with Gasteiger partial charge in [0.15, 0.2) is 8.32 Å². The molecule has 1 fully saturated rings. The van der Waals surface area contributed by atoms with Crippen LogP contribution in [0.5, 0.6) is 0 Å². The molecule has 3 atom stereocenters. The number of benzene rings is 2. The van der Waals surface area contributed by atoms with Crippen LogP contribution in [0, 0.1) is 26.1 Å². The van der Waals surface area contributed by atoms with Crippen LogP contribution in [0.25, 0.3) is 0 Å². The van der Waals surface area contributed by atoms with Crippen molar-refractivity contribution in [1.29, 1.82) is 0 Å². The number of β-lactam (4-membered cyclic amide) rings is 1. The van der Waals surface area contributed by atoms with Crippen molar-refractivity contribution < 1.29 is 42.9 Å². The second kappa shape index (κ2) is 13.6. The van der Waals surface area contributed by atoms with E-state index in [1.165, 1.54) is 65.2 Å². The van der Waals surface area contributed by atoms with Gasteiger partial charge in [-0.05, 0) is 60.4 Å². The van der Waals surface area contributed by atoms with Crippen molar-refractivity contribution in [2.75, 3.05) is 6.61 Å². The van der Waals surface area contributed by atoms with Crippen molar-refractivity contribution in [3.63, 3.8) is 0 Å². The fraction of sp³-hybridized carbons (Fsp3) is 0.433. The van der Waals surface area contributed by atoms with E-state index < -0.39 is 53.6 Å². The Morgan fingerprint density at radius 1 is 0.913 bits per heavy atom. The van der Waals surface area contributed by atoms with Gasteiger partial charge in [0.25, 0.3) is 11.4 Å². The number of hydrogen-bond acceptors (Lipinski definition) is 12. The number of esters is 1. The lowest BCUT2D eigenvalue weighted by Crippen LogP contribution is -2.61. The van der Waals surface area contributed by atoms with E-state index in [2.05, 4.69) is 33.9 Å². The maximum absolute atomic E-state index is 13.4. The maximum Gasteiger partial charge on any atom is 0.508 e. The Hall–Kier alpha value is -4.28. The summed E-state index contributed by atoms with van der Waals surface area (Å²) in [4.78, 5) is 61.9. The minimum atomic E-state index is -2.25. The van der Waals surface area contributed by atoms with Crippen LogP contribution in [-0.2, 0) is 41.4 Å². The molecule has 1 saturated heterocycles. The highest BCUT2D eigenvalue weighted by Crippen LogP contribution is 2.51. The zero-order chi connectivity index (χ0) is 34.0. The Morgan fingerprint density at radius 3 is 1.89 bits per heavy atom. The van der Waals surface area contributed by atoms with Gasteiger partial charge in [0, 0.05) is 29.2 Å². The van der Waals surface area contributed by atoms with E-state index in [0.717, 1.165) is 0 Å². The number of amides is 1. The Bertz CT molecular complexity index is 1560. The first kappa shape index (κ1) is 34.6. The largest absolute Gasteiger partial charge is 0.508 e. The van der Waals surface area contributed by atoms with Crippen molar-refractivity contribution in [3.8, 4) is 0 Å². The third-order valence-electron chi connectivity index (χ3n) is 8.22. The van der Waals surface area contributed by atoms with E-state index in [4.69, 9.17) is 18.6 Å². The molecular weight excluding hydrogens is 638 g/mol. The first-order valence-electron chi connectivity index (χ1n) is 14.3. The second-order valence-electron chi connectivity index (χ2n) is 12.3. The summed E-state index contributed by atoms with van der Waals surface area (Å²) in [5.74, 6) is -1.96. The van der Waals surface area contributed by atoms with Crippen molar-refractivity contribution in [2.45, 2.75) is 70.5 Å². The molecule has 0 saturated carbocycles. The van der Waals surface area contributed by atoms with Crippen LogP contribution in [0.4, 0.5) is 16.2 Å². The Morgan fingerprint density at radius 2 is 1.41 bits per heavy atom. The summed E-state index contributed by atoms with van der Waals surface area (Å²) < 4.78 is 22.5. The van der Waals surface area contributed by atoms with Gasteiger partial charge >= 0.3 is 12.1 Å². The molecule has 1 amide bonds. The molecule has 2 aromatic rings. The van der Waals surface area contributed by atoms with Crippen LogP contribution in [0.15, 0.2) is 59.1 Å². The van der Waals surface area contributed by atoms with Crippen LogP contribution in [0.2, 0.25) is 18.1 Å². The molecular formula is C30H35N3O11SSi. The summed E-state index contributed by atoms with van der Waals surface area (Å²) in [5.41, 5.74) is 0.911. The molecule has 0 unspecified atom stereocenters. The van der Waals surface area contributed by atoms with E-state index in [-0.39, 0.29) is 41.9 Å². The van der Waals surface area contributed by atoms with Crippen LogP contribution in [-0.4, -0.2) is 59.2 Å². The number of fused-ring (bicyclic) bond motifs is 1. The van der Waals surface area contributed by atoms with Crippen molar-refractivity contribution in [2.24, 2.45) is 5.92 Å². The van der Waals surface area contributed by atoms with Gasteiger partial charge in [0.1, 0.15) is 36.3 Å². The lowest BCUT2D eigenvalue weighted by molar-refractivity contribution is -0.385. The summed E-state index contributed by atoms with van der Waals surface area (Å²) in [6.45, 7) is 11.7. The Kier molecular flexibility index (Phi) is 10.2. The van der Waals surface area contributed by atoms with E-state index in [9.17, 15) is 34.6 Å². The minimum Gasteiger partial charge on any atom is -0.456 e. The molecule has 0 aliphatic carbocycles. The second-order valence-corrected chi connectivity index (χ2v) is 18.4. The normalized spacial score (nSPS) is 18.4.